The highest BCUT2D eigenvalue weighted by atomic mass is 16.5. The van der Waals surface area contributed by atoms with Gasteiger partial charge in [-0.3, -0.25) is 9.48 Å². The quantitative estimate of drug-likeness (QED) is 0.788. The summed E-state index contributed by atoms with van der Waals surface area (Å²) in [6, 6.07) is 9.12. The number of para-hydroxylation sites is 2. The Morgan fingerprint density at radius 2 is 2.20 bits per heavy atom. The van der Waals surface area contributed by atoms with E-state index in [2.05, 4.69) is 10.4 Å². The Morgan fingerprint density at radius 1 is 1.40 bits per heavy atom. The summed E-state index contributed by atoms with van der Waals surface area (Å²) in [5, 5.41) is 6.83. The van der Waals surface area contributed by atoms with E-state index in [-0.39, 0.29) is 5.91 Å². The van der Waals surface area contributed by atoms with E-state index < -0.39 is 0 Å². The summed E-state index contributed by atoms with van der Waals surface area (Å²) in [6.45, 7) is 2.74. The van der Waals surface area contributed by atoms with Crippen molar-refractivity contribution in [1.82, 2.24) is 9.78 Å². The lowest BCUT2D eigenvalue weighted by atomic mass is 10.3. The van der Waals surface area contributed by atoms with E-state index in [1.807, 2.05) is 30.5 Å². The molecule has 0 aliphatic rings. The molecule has 6 heteroatoms. The lowest BCUT2D eigenvalue weighted by Crippen LogP contribution is -2.09. The first-order chi connectivity index (χ1) is 9.65. The first-order valence-electron chi connectivity index (χ1n) is 6.43. The van der Waals surface area contributed by atoms with Crippen LogP contribution in [-0.2, 0) is 11.3 Å². The van der Waals surface area contributed by atoms with Crippen LogP contribution in [0.15, 0.2) is 36.5 Å². The van der Waals surface area contributed by atoms with Crippen molar-refractivity contribution in [2.75, 3.05) is 17.7 Å². The summed E-state index contributed by atoms with van der Waals surface area (Å²) in [5.41, 5.74) is 6.22. The number of nitrogens with zero attached hydrogens (tertiary/aromatic N) is 2. The van der Waals surface area contributed by atoms with Crippen LogP contribution in [0.25, 0.3) is 0 Å². The van der Waals surface area contributed by atoms with Crippen LogP contribution in [0.4, 0.5) is 11.5 Å². The number of carbonyl (C=O) groups excluding carboxylic acids is 1. The van der Waals surface area contributed by atoms with Crippen molar-refractivity contribution in [2.24, 2.45) is 0 Å². The van der Waals surface area contributed by atoms with Crippen LogP contribution in [0.1, 0.15) is 13.3 Å². The van der Waals surface area contributed by atoms with E-state index in [0.29, 0.717) is 23.9 Å². The third kappa shape index (κ3) is 4.01. The topological polar surface area (TPSA) is 82.2 Å². The Labute approximate surface area is 117 Å². The van der Waals surface area contributed by atoms with Gasteiger partial charge in [-0.25, -0.2) is 0 Å². The molecule has 1 aromatic heterocycles. The van der Waals surface area contributed by atoms with E-state index >= 15 is 0 Å². The zero-order chi connectivity index (χ0) is 14.4. The van der Waals surface area contributed by atoms with Crippen molar-refractivity contribution < 1.29 is 9.53 Å². The van der Waals surface area contributed by atoms with E-state index in [1.165, 1.54) is 6.92 Å². The van der Waals surface area contributed by atoms with Gasteiger partial charge in [0.25, 0.3) is 0 Å². The molecule has 0 saturated heterocycles. The van der Waals surface area contributed by atoms with Gasteiger partial charge in [0, 0.05) is 26.1 Å². The first kappa shape index (κ1) is 13.9. The number of anilines is 2. The Kier molecular flexibility index (Phi) is 4.60. The molecule has 106 valence electrons. The van der Waals surface area contributed by atoms with Gasteiger partial charge in [0.1, 0.15) is 11.6 Å². The molecule has 0 atom stereocenters. The predicted molar refractivity (Wildman–Crippen MR) is 77.5 cm³/mol. The minimum atomic E-state index is -0.118. The van der Waals surface area contributed by atoms with Crippen LogP contribution in [0.3, 0.4) is 0 Å². The number of aryl methyl sites for hydroxylation is 1. The molecule has 20 heavy (non-hydrogen) atoms. The van der Waals surface area contributed by atoms with Crippen LogP contribution >= 0.6 is 0 Å². The molecule has 1 amide bonds. The summed E-state index contributed by atoms with van der Waals surface area (Å²) < 4.78 is 7.46. The molecule has 2 aromatic rings. The lowest BCUT2D eigenvalue weighted by Gasteiger charge is -2.11. The zero-order valence-electron chi connectivity index (χ0n) is 11.4. The highest BCUT2D eigenvalue weighted by Crippen LogP contribution is 2.23. The van der Waals surface area contributed by atoms with Gasteiger partial charge in [-0.1, -0.05) is 12.1 Å². The number of aromatic nitrogens is 2. The van der Waals surface area contributed by atoms with Gasteiger partial charge in [0.05, 0.1) is 12.3 Å². The number of nitrogens with one attached hydrogen (secondary N) is 1. The molecular weight excluding hydrogens is 256 g/mol. The molecular formula is C14H18N4O2. The fourth-order valence-electron chi connectivity index (χ4n) is 1.80. The highest BCUT2D eigenvalue weighted by Gasteiger charge is 2.04. The van der Waals surface area contributed by atoms with E-state index in [1.54, 1.807) is 10.7 Å². The molecule has 1 aromatic carbocycles. The fourth-order valence-corrected chi connectivity index (χ4v) is 1.80. The molecule has 0 spiro atoms. The second-order valence-electron chi connectivity index (χ2n) is 4.38. The number of ether oxygens (including phenoxy) is 1. The van der Waals surface area contributed by atoms with Gasteiger partial charge >= 0.3 is 0 Å². The maximum absolute atomic E-state index is 11.1. The van der Waals surface area contributed by atoms with Gasteiger partial charge < -0.3 is 15.8 Å². The van der Waals surface area contributed by atoms with Crippen molar-refractivity contribution >= 4 is 17.4 Å². The van der Waals surface area contributed by atoms with Crippen molar-refractivity contribution in [2.45, 2.75) is 19.9 Å². The molecule has 0 unspecified atom stereocenters. The van der Waals surface area contributed by atoms with E-state index in [0.717, 1.165) is 13.0 Å². The summed E-state index contributed by atoms with van der Waals surface area (Å²) in [5.74, 6) is 1.07. The second-order valence-corrected chi connectivity index (χ2v) is 4.38. The van der Waals surface area contributed by atoms with Crippen molar-refractivity contribution in [1.29, 1.82) is 0 Å². The smallest absolute Gasteiger partial charge is 0.221 e. The SMILES string of the molecule is CC(=O)Nc1ccccc1OCCCn1ccc(N)n1. The number of nitrogen functional groups attached to an aromatic ring is 1. The molecule has 0 aliphatic heterocycles. The molecule has 3 N–H and O–H groups in total. The summed E-state index contributed by atoms with van der Waals surface area (Å²) in [7, 11) is 0. The van der Waals surface area contributed by atoms with Gasteiger partial charge in [-0.05, 0) is 18.2 Å². The normalized spacial score (nSPS) is 10.2. The van der Waals surface area contributed by atoms with Crippen LogP contribution in [-0.4, -0.2) is 22.3 Å². The average Bonchev–Trinajstić information content (AvgIpc) is 2.81. The van der Waals surface area contributed by atoms with Gasteiger partial charge in [0.2, 0.25) is 5.91 Å². The van der Waals surface area contributed by atoms with Gasteiger partial charge in [0.15, 0.2) is 0 Å². The second kappa shape index (κ2) is 6.60. The van der Waals surface area contributed by atoms with Crippen molar-refractivity contribution in [3.05, 3.63) is 36.5 Å². The van der Waals surface area contributed by atoms with Crippen LogP contribution in [0.2, 0.25) is 0 Å². The molecule has 0 radical (unpaired) electrons. The summed E-state index contributed by atoms with van der Waals surface area (Å²) >= 11 is 0. The molecule has 0 fully saturated rings. The van der Waals surface area contributed by atoms with Crippen LogP contribution in [0, 0.1) is 0 Å². The summed E-state index contributed by atoms with van der Waals surface area (Å²) in [4.78, 5) is 11.1. The van der Waals surface area contributed by atoms with Gasteiger partial charge in [-0.2, -0.15) is 5.10 Å². The lowest BCUT2D eigenvalue weighted by molar-refractivity contribution is -0.114. The monoisotopic (exact) mass is 274 g/mol. The zero-order valence-corrected chi connectivity index (χ0v) is 11.4. The minimum absolute atomic E-state index is 0.118. The number of hydrogen-bond acceptors (Lipinski definition) is 4. The molecule has 6 nitrogen and oxygen atoms in total. The molecule has 2 rings (SSSR count). The van der Waals surface area contributed by atoms with Crippen molar-refractivity contribution in [3.63, 3.8) is 0 Å². The Balaban J connectivity index is 1.83. The predicted octanol–water partition coefficient (Wildman–Crippen LogP) is 1.89. The Hall–Kier alpha value is -2.50. The third-order valence-corrected chi connectivity index (χ3v) is 2.65. The third-order valence-electron chi connectivity index (χ3n) is 2.65. The van der Waals surface area contributed by atoms with Gasteiger partial charge in [-0.15, -0.1) is 0 Å². The number of carbonyl (C=O) groups is 1. The number of rotatable bonds is 6. The largest absolute Gasteiger partial charge is 0.491 e. The van der Waals surface area contributed by atoms with E-state index in [4.69, 9.17) is 10.5 Å². The van der Waals surface area contributed by atoms with Crippen LogP contribution in [0.5, 0.6) is 5.75 Å². The molecule has 1 heterocycles. The standard InChI is InChI=1S/C14H18N4O2/c1-11(19)16-12-5-2-3-6-13(12)20-10-4-8-18-9-7-14(15)17-18/h2-3,5-7,9H,4,8,10H2,1H3,(H2,15,17)(H,16,19). The Morgan fingerprint density at radius 3 is 2.90 bits per heavy atom. The van der Waals surface area contributed by atoms with E-state index in [9.17, 15) is 4.79 Å². The molecule has 0 saturated carbocycles. The fraction of sp³-hybridized carbons (Fsp3) is 0.286. The van der Waals surface area contributed by atoms with Crippen molar-refractivity contribution in [3.8, 4) is 5.75 Å². The highest BCUT2D eigenvalue weighted by molar-refractivity contribution is 5.90. The Bertz CT molecular complexity index is 580. The number of amides is 1. The minimum Gasteiger partial charge on any atom is -0.491 e. The number of hydrogen-bond donors (Lipinski definition) is 2. The molecule has 0 bridgehead atoms. The maximum Gasteiger partial charge on any atom is 0.221 e. The number of benzene rings is 1. The average molecular weight is 274 g/mol. The maximum atomic E-state index is 11.1. The van der Waals surface area contributed by atoms with Crippen LogP contribution < -0.4 is 15.8 Å². The first-order valence-corrected chi connectivity index (χ1v) is 6.43. The number of nitrogens with two attached hydrogens (primary N) is 1. The summed E-state index contributed by atoms with van der Waals surface area (Å²) in [6.07, 6.45) is 2.64. The molecule has 0 aliphatic carbocycles.